The Balaban J connectivity index is 1.37. The molecule has 0 spiro atoms. The Hall–Kier alpha value is -3.64. The van der Waals surface area contributed by atoms with E-state index in [9.17, 15) is 19.1 Å². The highest BCUT2D eigenvalue weighted by Crippen LogP contribution is 2.31. The molecular formula is C20H17FN6O4S. The second kappa shape index (κ2) is 7.50. The predicted octanol–water partition coefficient (Wildman–Crippen LogP) is 1.49. The van der Waals surface area contributed by atoms with Gasteiger partial charge in [-0.05, 0) is 23.6 Å². The maximum Gasteiger partial charge on any atom is 0.328 e. The largest absolute Gasteiger partial charge is 0.387 e. The number of hydrogen-bond acceptors (Lipinski definition) is 8. The lowest BCUT2D eigenvalue weighted by Crippen LogP contribution is -2.26. The van der Waals surface area contributed by atoms with Gasteiger partial charge in [-0.15, -0.1) is 11.3 Å². The summed E-state index contributed by atoms with van der Waals surface area (Å²) >= 11 is 1.29. The van der Waals surface area contributed by atoms with Crippen molar-refractivity contribution in [1.29, 1.82) is 0 Å². The van der Waals surface area contributed by atoms with Crippen LogP contribution in [-0.2, 0) is 27.1 Å². The number of aliphatic hydroxyl groups excluding tert-OH is 1. The molecule has 0 radical (unpaired) electrons. The zero-order valence-electron chi connectivity index (χ0n) is 17.0. The molecule has 0 saturated carbocycles. The van der Waals surface area contributed by atoms with Crippen LogP contribution < -0.4 is 11.2 Å². The van der Waals surface area contributed by atoms with Gasteiger partial charge in [0, 0.05) is 30.1 Å². The maximum atomic E-state index is 13.4. The molecule has 1 aromatic carbocycles. The Bertz CT molecular complexity index is 1590. The van der Waals surface area contributed by atoms with Crippen molar-refractivity contribution in [2.75, 3.05) is 0 Å². The average Bonchev–Trinajstić information content (AvgIpc) is 3.44. The zero-order chi connectivity index (χ0) is 22.6. The molecule has 10 nitrogen and oxygen atoms in total. The normalized spacial score (nSPS) is 12.8. The summed E-state index contributed by atoms with van der Waals surface area (Å²) < 4.78 is 23.1. The third kappa shape index (κ3) is 3.33. The maximum absolute atomic E-state index is 13.4. The van der Waals surface area contributed by atoms with E-state index in [4.69, 9.17) is 4.52 Å². The fourth-order valence-electron chi connectivity index (χ4n) is 3.60. The average molecular weight is 456 g/mol. The van der Waals surface area contributed by atoms with Crippen molar-refractivity contribution in [1.82, 2.24) is 29.1 Å². The van der Waals surface area contributed by atoms with Crippen molar-refractivity contribution in [3.05, 3.63) is 73.7 Å². The molecule has 4 aromatic heterocycles. The topological polar surface area (TPSA) is 121 Å². The van der Waals surface area contributed by atoms with Crippen LogP contribution in [0.25, 0.3) is 21.1 Å². The first-order valence-corrected chi connectivity index (χ1v) is 10.4. The third-order valence-electron chi connectivity index (χ3n) is 5.27. The first-order valence-electron chi connectivity index (χ1n) is 9.62. The number of aryl methyl sites for hydroxylation is 2. The lowest BCUT2D eigenvalue weighted by molar-refractivity contribution is 0.178. The number of rotatable bonds is 5. The van der Waals surface area contributed by atoms with Gasteiger partial charge in [-0.25, -0.2) is 13.9 Å². The molecule has 0 saturated heterocycles. The van der Waals surface area contributed by atoms with Crippen LogP contribution in [-0.4, -0.2) is 34.2 Å². The summed E-state index contributed by atoms with van der Waals surface area (Å²) in [6.07, 6.45) is 0.633. The van der Waals surface area contributed by atoms with Gasteiger partial charge in [-0.1, -0.05) is 11.2 Å². The Labute approximate surface area is 182 Å². The number of benzene rings is 1. The van der Waals surface area contributed by atoms with E-state index in [0.717, 1.165) is 14.8 Å². The molecule has 0 unspecified atom stereocenters. The van der Waals surface area contributed by atoms with Crippen LogP contribution in [0.1, 0.15) is 22.7 Å². The van der Waals surface area contributed by atoms with Crippen LogP contribution in [0, 0.1) is 5.82 Å². The second-order valence-electron chi connectivity index (χ2n) is 7.40. The molecule has 32 heavy (non-hydrogen) atoms. The number of hydrogen-bond donors (Lipinski definition) is 1. The van der Waals surface area contributed by atoms with E-state index in [1.807, 2.05) is 0 Å². The summed E-state index contributed by atoms with van der Waals surface area (Å²) in [4.78, 5) is 29.7. The third-order valence-corrected chi connectivity index (χ3v) is 6.47. The molecule has 12 heteroatoms. The summed E-state index contributed by atoms with van der Waals surface area (Å²) in [5, 5.41) is 19.4. The van der Waals surface area contributed by atoms with E-state index < -0.39 is 11.7 Å². The first-order chi connectivity index (χ1) is 15.3. The van der Waals surface area contributed by atoms with Gasteiger partial charge in [0.05, 0.1) is 17.8 Å². The zero-order valence-corrected chi connectivity index (χ0v) is 17.8. The Morgan fingerprint density at radius 2 is 2.03 bits per heavy atom. The smallest absolute Gasteiger partial charge is 0.328 e. The van der Waals surface area contributed by atoms with Crippen molar-refractivity contribution in [2.24, 2.45) is 14.1 Å². The van der Waals surface area contributed by atoms with Crippen LogP contribution in [0.2, 0.25) is 0 Å². The summed E-state index contributed by atoms with van der Waals surface area (Å²) in [6.45, 7) is -0.0802. The Morgan fingerprint density at radius 3 is 2.84 bits per heavy atom. The molecule has 0 amide bonds. The minimum Gasteiger partial charge on any atom is -0.387 e. The fourth-order valence-corrected chi connectivity index (χ4v) is 4.67. The van der Waals surface area contributed by atoms with Crippen molar-refractivity contribution >= 4 is 32.5 Å². The van der Waals surface area contributed by atoms with E-state index in [-0.39, 0.29) is 41.7 Å². The highest BCUT2D eigenvalue weighted by Gasteiger charge is 2.19. The van der Waals surface area contributed by atoms with Crippen molar-refractivity contribution in [2.45, 2.75) is 19.1 Å². The molecule has 1 atom stereocenters. The number of fused-ring (bicyclic) bond motifs is 2. The molecule has 0 aliphatic rings. The van der Waals surface area contributed by atoms with E-state index in [2.05, 4.69) is 15.2 Å². The van der Waals surface area contributed by atoms with Gasteiger partial charge in [-0.3, -0.25) is 13.9 Å². The quantitative estimate of drug-likeness (QED) is 0.425. The molecule has 0 fully saturated rings. The van der Waals surface area contributed by atoms with Gasteiger partial charge in [0.1, 0.15) is 17.9 Å². The minimum absolute atomic E-state index is 0.0802. The molecule has 5 rings (SSSR count). The number of aliphatic hydroxyl groups is 1. The highest BCUT2D eigenvalue weighted by atomic mass is 32.1. The molecule has 164 valence electrons. The first kappa shape index (κ1) is 20.3. The van der Waals surface area contributed by atoms with Crippen LogP contribution >= 0.6 is 11.3 Å². The monoisotopic (exact) mass is 456 g/mol. The fraction of sp³-hybridized carbons (Fsp3) is 0.250. The number of thiophene rings is 1. The van der Waals surface area contributed by atoms with Crippen molar-refractivity contribution < 1.29 is 14.0 Å². The van der Waals surface area contributed by atoms with Crippen LogP contribution in [0.15, 0.2) is 44.6 Å². The van der Waals surface area contributed by atoms with E-state index in [1.54, 1.807) is 19.2 Å². The van der Waals surface area contributed by atoms with Crippen LogP contribution in [0.4, 0.5) is 4.39 Å². The molecule has 5 aromatic rings. The van der Waals surface area contributed by atoms with Gasteiger partial charge < -0.3 is 9.63 Å². The molecule has 0 aliphatic heterocycles. The van der Waals surface area contributed by atoms with Crippen LogP contribution in [0.3, 0.4) is 0 Å². The summed E-state index contributed by atoms with van der Waals surface area (Å²) in [7, 11) is 3.09. The minimum atomic E-state index is -0.892. The number of halogens is 1. The summed E-state index contributed by atoms with van der Waals surface area (Å²) in [5.41, 5.74) is -0.130. The molecule has 0 bridgehead atoms. The van der Waals surface area contributed by atoms with Crippen molar-refractivity contribution in [3.63, 3.8) is 0 Å². The standard InChI is InChI=1S/C20H17FN6O4S/c1-25-12-8-22-27(19(29)18(12)26(2)20(25)30)9-17-23-16(24-31-17)7-13(28)15-5-10-3-4-11(21)6-14(10)32-15/h3-6,8,13,28H,7,9H2,1-2H3/t13-/m0/s1. The Kier molecular flexibility index (Phi) is 4.75. The van der Waals surface area contributed by atoms with E-state index in [0.29, 0.717) is 10.4 Å². The van der Waals surface area contributed by atoms with Gasteiger partial charge in [0.25, 0.3) is 5.56 Å². The summed E-state index contributed by atoms with van der Waals surface area (Å²) in [6, 6.07) is 6.26. The van der Waals surface area contributed by atoms with Crippen LogP contribution in [0.5, 0.6) is 0 Å². The molecular weight excluding hydrogens is 439 g/mol. The van der Waals surface area contributed by atoms with Crippen molar-refractivity contribution in [3.8, 4) is 0 Å². The van der Waals surface area contributed by atoms with Gasteiger partial charge >= 0.3 is 5.69 Å². The second-order valence-corrected chi connectivity index (χ2v) is 8.51. The molecule has 0 aliphatic carbocycles. The lowest BCUT2D eigenvalue weighted by Gasteiger charge is -2.04. The van der Waals surface area contributed by atoms with E-state index in [1.165, 1.54) is 45.8 Å². The summed E-state index contributed by atoms with van der Waals surface area (Å²) in [5.74, 6) is 0.0682. The van der Waals surface area contributed by atoms with Gasteiger partial charge in [0.2, 0.25) is 5.89 Å². The van der Waals surface area contributed by atoms with E-state index >= 15 is 0 Å². The lowest BCUT2D eigenvalue weighted by atomic mass is 10.2. The molecule has 4 heterocycles. The SMILES string of the molecule is Cn1c(=O)n(C)c2c(=O)n(Cc3nc(C[C@H](O)c4cc5ccc(F)cc5s4)no3)ncc21. The number of aromatic nitrogens is 6. The number of nitrogens with zero attached hydrogens (tertiary/aromatic N) is 6. The highest BCUT2D eigenvalue weighted by molar-refractivity contribution is 7.19. The Morgan fingerprint density at radius 1 is 1.22 bits per heavy atom. The van der Waals surface area contributed by atoms with Gasteiger partial charge in [-0.2, -0.15) is 10.1 Å². The van der Waals surface area contributed by atoms with Gasteiger partial charge in [0.15, 0.2) is 5.82 Å². The predicted molar refractivity (Wildman–Crippen MR) is 114 cm³/mol. The number of imidazole rings is 1. The molecule has 1 N–H and O–H groups in total.